The Morgan fingerprint density at radius 3 is 2.89 bits per heavy atom. The molecule has 0 atom stereocenters. The molecule has 19 heavy (non-hydrogen) atoms. The predicted octanol–water partition coefficient (Wildman–Crippen LogP) is 1.92. The molecular formula is C13H14N4OS. The molecule has 0 saturated carbocycles. The summed E-state index contributed by atoms with van der Waals surface area (Å²) < 4.78 is 1.98. The summed E-state index contributed by atoms with van der Waals surface area (Å²) in [6.45, 7) is 2.49. The van der Waals surface area contributed by atoms with Gasteiger partial charge in [-0.05, 0) is 25.1 Å². The van der Waals surface area contributed by atoms with Crippen LogP contribution in [0.5, 0.6) is 0 Å². The lowest BCUT2D eigenvalue weighted by Crippen LogP contribution is -2.05. The zero-order chi connectivity index (χ0) is 13.4. The average molecular weight is 274 g/mol. The van der Waals surface area contributed by atoms with E-state index in [2.05, 4.69) is 9.97 Å². The third kappa shape index (κ3) is 2.20. The Hall–Kier alpha value is -1.92. The number of nitrogens with zero attached hydrogens (tertiary/aromatic N) is 3. The standard InChI is InChI=1S/C13H14N4OS/c1-8-7-19-13(15-8)5-17-11-3-2-9(14)4-10(11)16-12(17)6-18/h2-4,7,18H,5-6,14H2,1H3. The fraction of sp³-hybridized carbons (Fsp3) is 0.231. The fourth-order valence-electron chi connectivity index (χ4n) is 2.10. The van der Waals surface area contributed by atoms with E-state index in [1.165, 1.54) is 0 Å². The summed E-state index contributed by atoms with van der Waals surface area (Å²) in [4.78, 5) is 8.85. The van der Waals surface area contributed by atoms with E-state index in [0.717, 1.165) is 21.7 Å². The number of aryl methyl sites for hydroxylation is 1. The van der Waals surface area contributed by atoms with Crippen molar-refractivity contribution < 1.29 is 5.11 Å². The van der Waals surface area contributed by atoms with Crippen molar-refractivity contribution in [1.29, 1.82) is 0 Å². The van der Waals surface area contributed by atoms with Crippen molar-refractivity contribution in [1.82, 2.24) is 14.5 Å². The third-order valence-corrected chi connectivity index (χ3v) is 3.90. The maximum absolute atomic E-state index is 9.44. The first-order valence-electron chi connectivity index (χ1n) is 5.94. The quantitative estimate of drug-likeness (QED) is 0.715. The average Bonchev–Trinajstić information content (AvgIpc) is 2.94. The minimum atomic E-state index is -0.0983. The van der Waals surface area contributed by atoms with Gasteiger partial charge in [0.05, 0.1) is 17.6 Å². The summed E-state index contributed by atoms with van der Waals surface area (Å²) in [5.41, 5.74) is 9.21. The van der Waals surface area contributed by atoms with Crippen LogP contribution in [0, 0.1) is 6.92 Å². The zero-order valence-electron chi connectivity index (χ0n) is 10.5. The van der Waals surface area contributed by atoms with Crippen LogP contribution in [0.2, 0.25) is 0 Å². The minimum Gasteiger partial charge on any atom is -0.399 e. The number of rotatable bonds is 3. The molecule has 0 fully saturated rings. The molecule has 2 heterocycles. The lowest BCUT2D eigenvalue weighted by atomic mass is 10.3. The Morgan fingerprint density at radius 2 is 2.21 bits per heavy atom. The molecule has 6 heteroatoms. The van der Waals surface area contributed by atoms with Gasteiger partial charge in [0.1, 0.15) is 17.4 Å². The highest BCUT2D eigenvalue weighted by Gasteiger charge is 2.11. The monoisotopic (exact) mass is 274 g/mol. The van der Waals surface area contributed by atoms with Gasteiger partial charge in [-0.3, -0.25) is 0 Å². The number of aromatic nitrogens is 3. The van der Waals surface area contributed by atoms with Crippen LogP contribution in [0.1, 0.15) is 16.5 Å². The highest BCUT2D eigenvalue weighted by molar-refractivity contribution is 7.09. The van der Waals surface area contributed by atoms with Crippen LogP contribution >= 0.6 is 11.3 Å². The highest BCUT2D eigenvalue weighted by Crippen LogP contribution is 2.21. The van der Waals surface area contributed by atoms with E-state index in [0.29, 0.717) is 18.1 Å². The molecule has 3 aromatic rings. The molecule has 0 amide bonds. The first-order valence-corrected chi connectivity index (χ1v) is 6.82. The topological polar surface area (TPSA) is 77.0 Å². The van der Waals surface area contributed by atoms with E-state index in [9.17, 15) is 5.11 Å². The molecule has 98 valence electrons. The molecule has 0 bridgehead atoms. The Labute approximate surface area is 114 Å². The van der Waals surface area contributed by atoms with Crippen molar-refractivity contribution in [2.45, 2.75) is 20.1 Å². The number of aliphatic hydroxyl groups is 1. The van der Waals surface area contributed by atoms with Crippen molar-refractivity contribution >= 4 is 28.1 Å². The van der Waals surface area contributed by atoms with Gasteiger partial charge in [0.15, 0.2) is 0 Å². The molecule has 1 aromatic carbocycles. The number of imidazole rings is 1. The van der Waals surface area contributed by atoms with Crippen LogP contribution in [0.4, 0.5) is 5.69 Å². The molecule has 3 rings (SSSR count). The van der Waals surface area contributed by atoms with E-state index in [1.54, 1.807) is 11.3 Å². The summed E-state index contributed by atoms with van der Waals surface area (Å²) in [6.07, 6.45) is 0. The zero-order valence-corrected chi connectivity index (χ0v) is 11.3. The second kappa shape index (κ2) is 4.64. The fourth-order valence-corrected chi connectivity index (χ4v) is 2.86. The van der Waals surface area contributed by atoms with E-state index < -0.39 is 0 Å². The molecule has 0 radical (unpaired) electrons. The summed E-state index contributed by atoms with van der Waals surface area (Å²) in [7, 11) is 0. The maximum Gasteiger partial charge on any atom is 0.136 e. The van der Waals surface area contributed by atoms with Gasteiger partial charge < -0.3 is 15.4 Å². The number of aliphatic hydroxyl groups excluding tert-OH is 1. The molecule has 2 aromatic heterocycles. The summed E-state index contributed by atoms with van der Waals surface area (Å²) in [5.74, 6) is 0.633. The molecule has 0 aliphatic heterocycles. The molecule has 0 saturated heterocycles. The van der Waals surface area contributed by atoms with Crippen molar-refractivity contribution in [3.8, 4) is 0 Å². The van der Waals surface area contributed by atoms with E-state index >= 15 is 0 Å². The van der Waals surface area contributed by atoms with Crippen molar-refractivity contribution in [2.75, 3.05) is 5.73 Å². The Kier molecular flexibility index (Phi) is 2.96. The van der Waals surface area contributed by atoms with Crippen molar-refractivity contribution in [2.24, 2.45) is 0 Å². The molecule has 0 aliphatic rings. The van der Waals surface area contributed by atoms with Gasteiger partial charge in [-0.25, -0.2) is 9.97 Å². The second-order valence-electron chi connectivity index (χ2n) is 4.40. The Balaban J connectivity index is 2.10. The van der Waals surface area contributed by atoms with Crippen LogP contribution < -0.4 is 5.73 Å². The van der Waals surface area contributed by atoms with Gasteiger partial charge in [-0.15, -0.1) is 11.3 Å². The number of fused-ring (bicyclic) bond motifs is 1. The van der Waals surface area contributed by atoms with Crippen molar-refractivity contribution in [3.63, 3.8) is 0 Å². The van der Waals surface area contributed by atoms with Gasteiger partial charge in [0, 0.05) is 16.8 Å². The predicted molar refractivity (Wildman–Crippen MR) is 76.0 cm³/mol. The molecule has 0 aliphatic carbocycles. The van der Waals surface area contributed by atoms with E-state index in [1.807, 2.05) is 35.1 Å². The molecule has 5 nitrogen and oxygen atoms in total. The number of hydrogen-bond donors (Lipinski definition) is 2. The molecule has 3 N–H and O–H groups in total. The van der Waals surface area contributed by atoms with Gasteiger partial charge in [0.2, 0.25) is 0 Å². The number of thiazole rings is 1. The molecular weight excluding hydrogens is 260 g/mol. The van der Waals surface area contributed by atoms with Gasteiger partial charge >= 0.3 is 0 Å². The number of hydrogen-bond acceptors (Lipinski definition) is 5. The van der Waals surface area contributed by atoms with Gasteiger partial charge in [-0.2, -0.15) is 0 Å². The highest BCUT2D eigenvalue weighted by atomic mass is 32.1. The normalized spacial score (nSPS) is 11.3. The van der Waals surface area contributed by atoms with Crippen LogP contribution in [0.3, 0.4) is 0 Å². The first-order chi connectivity index (χ1) is 9.17. The maximum atomic E-state index is 9.44. The minimum absolute atomic E-state index is 0.0983. The lowest BCUT2D eigenvalue weighted by Gasteiger charge is -2.05. The van der Waals surface area contributed by atoms with E-state index in [-0.39, 0.29) is 6.61 Å². The second-order valence-corrected chi connectivity index (χ2v) is 5.35. The molecule has 0 spiro atoms. The summed E-state index contributed by atoms with van der Waals surface area (Å²) in [5, 5.41) is 12.5. The number of nitrogen functional groups attached to an aromatic ring is 1. The Bertz CT molecular complexity index is 731. The SMILES string of the molecule is Cc1csc(Cn2c(CO)nc3cc(N)ccc32)n1. The van der Waals surface area contributed by atoms with Crippen LogP contribution in [-0.4, -0.2) is 19.6 Å². The van der Waals surface area contributed by atoms with Crippen LogP contribution in [0.15, 0.2) is 23.6 Å². The van der Waals surface area contributed by atoms with Crippen LogP contribution in [-0.2, 0) is 13.2 Å². The lowest BCUT2D eigenvalue weighted by molar-refractivity contribution is 0.267. The van der Waals surface area contributed by atoms with E-state index in [4.69, 9.17) is 5.73 Å². The van der Waals surface area contributed by atoms with Crippen LogP contribution in [0.25, 0.3) is 11.0 Å². The first kappa shape index (κ1) is 12.1. The largest absolute Gasteiger partial charge is 0.399 e. The molecule has 0 unspecified atom stereocenters. The summed E-state index contributed by atoms with van der Waals surface area (Å²) in [6, 6.07) is 5.59. The number of nitrogens with two attached hydrogens (primary N) is 1. The van der Waals surface area contributed by atoms with Crippen molar-refractivity contribution in [3.05, 3.63) is 40.1 Å². The van der Waals surface area contributed by atoms with Gasteiger partial charge in [-0.1, -0.05) is 0 Å². The summed E-state index contributed by atoms with van der Waals surface area (Å²) >= 11 is 1.61. The Morgan fingerprint density at radius 1 is 1.37 bits per heavy atom. The third-order valence-electron chi connectivity index (χ3n) is 2.95. The number of benzene rings is 1. The smallest absolute Gasteiger partial charge is 0.136 e. The van der Waals surface area contributed by atoms with Gasteiger partial charge in [0.25, 0.3) is 0 Å². The number of anilines is 1.